The zero-order valence-corrected chi connectivity index (χ0v) is 15.9. The molecule has 0 saturated heterocycles. The number of nitrogens with zero attached hydrogens (tertiary/aromatic N) is 1. The third-order valence-corrected chi connectivity index (χ3v) is 3.77. The van der Waals surface area contributed by atoms with Crippen LogP contribution in [0.1, 0.15) is 52.0 Å². The Morgan fingerprint density at radius 2 is 1.65 bits per heavy atom. The molecule has 142 valence electrons. The summed E-state index contributed by atoms with van der Waals surface area (Å²) in [7, 11) is 0. The monoisotopic (exact) mass is 359 g/mol. The Kier molecular flexibility index (Phi) is 9.21. The molecule has 0 unspecified atom stereocenters. The molecule has 6 nitrogen and oxygen atoms in total. The van der Waals surface area contributed by atoms with E-state index in [0.29, 0.717) is 39.0 Å². The highest BCUT2D eigenvalue weighted by Crippen LogP contribution is 2.24. The van der Waals surface area contributed by atoms with Crippen LogP contribution in [0, 0.1) is 11.3 Å². The average Bonchev–Trinajstić information content (AvgIpc) is 2.58. The van der Waals surface area contributed by atoms with Gasteiger partial charge in [0.2, 0.25) is 11.8 Å². The van der Waals surface area contributed by atoms with Crippen LogP contribution in [0.15, 0.2) is 24.3 Å². The molecule has 0 atom stereocenters. The van der Waals surface area contributed by atoms with Crippen molar-refractivity contribution in [2.45, 2.75) is 51.9 Å². The number of hydrogen-bond donors (Lipinski definition) is 2. The SMILES string of the molecule is CC(C)(C)c1ccc(OCCCC(=O)NCCCNC(=O)CC#N)cc1. The first-order valence-electron chi connectivity index (χ1n) is 8.96. The minimum absolute atomic E-state index is 0.0277. The van der Waals surface area contributed by atoms with Crippen molar-refractivity contribution in [3.05, 3.63) is 29.8 Å². The number of ether oxygens (including phenoxy) is 1. The molecule has 1 rings (SSSR count). The van der Waals surface area contributed by atoms with Crippen molar-refractivity contribution < 1.29 is 14.3 Å². The molecule has 0 spiro atoms. The Hall–Kier alpha value is -2.55. The van der Waals surface area contributed by atoms with Gasteiger partial charge in [-0.25, -0.2) is 0 Å². The summed E-state index contributed by atoms with van der Waals surface area (Å²) >= 11 is 0. The van der Waals surface area contributed by atoms with Crippen LogP contribution in [0.25, 0.3) is 0 Å². The maximum atomic E-state index is 11.7. The Morgan fingerprint density at radius 3 is 2.23 bits per heavy atom. The lowest BCUT2D eigenvalue weighted by molar-refractivity contribution is -0.121. The molecule has 0 radical (unpaired) electrons. The lowest BCUT2D eigenvalue weighted by Gasteiger charge is -2.19. The van der Waals surface area contributed by atoms with Gasteiger partial charge < -0.3 is 15.4 Å². The van der Waals surface area contributed by atoms with Gasteiger partial charge in [-0.05, 0) is 36.0 Å². The molecule has 0 heterocycles. The number of benzene rings is 1. The molecule has 1 aromatic carbocycles. The predicted octanol–water partition coefficient (Wildman–Crippen LogP) is 2.68. The van der Waals surface area contributed by atoms with E-state index in [1.807, 2.05) is 12.1 Å². The molecule has 0 aliphatic rings. The van der Waals surface area contributed by atoms with Crippen LogP contribution >= 0.6 is 0 Å². The van der Waals surface area contributed by atoms with Gasteiger partial charge in [0, 0.05) is 19.5 Å². The van der Waals surface area contributed by atoms with Gasteiger partial charge in [0.15, 0.2) is 0 Å². The second kappa shape index (κ2) is 11.1. The number of rotatable bonds is 10. The smallest absolute Gasteiger partial charge is 0.234 e. The van der Waals surface area contributed by atoms with Gasteiger partial charge >= 0.3 is 0 Å². The summed E-state index contributed by atoms with van der Waals surface area (Å²) in [5.74, 6) is 0.498. The quantitative estimate of drug-likeness (QED) is 0.628. The van der Waals surface area contributed by atoms with Crippen LogP contribution in [0.2, 0.25) is 0 Å². The molecule has 2 N–H and O–H groups in total. The molecule has 0 fully saturated rings. The van der Waals surface area contributed by atoms with Crippen molar-refractivity contribution >= 4 is 11.8 Å². The van der Waals surface area contributed by atoms with Crippen LogP contribution in [-0.2, 0) is 15.0 Å². The molecule has 6 heteroatoms. The normalized spacial score (nSPS) is 10.7. The molecule has 2 amide bonds. The van der Waals surface area contributed by atoms with E-state index < -0.39 is 0 Å². The number of nitrogens with one attached hydrogen (secondary N) is 2. The van der Waals surface area contributed by atoms with Crippen molar-refractivity contribution in [1.29, 1.82) is 5.26 Å². The van der Waals surface area contributed by atoms with Gasteiger partial charge in [-0.3, -0.25) is 9.59 Å². The first kappa shape index (κ1) is 21.5. The minimum atomic E-state index is -0.286. The van der Waals surface area contributed by atoms with Crippen molar-refractivity contribution in [3.63, 3.8) is 0 Å². The van der Waals surface area contributed by atoms with E-state index in [2.05, 4.69) is 43.5 Å². The minimum Gasteiger partial charge on any atom is -0.494 e. The fraction of sp³-hybridized carbons (Fsp3) is 0.550. The van der Waals surface area contributed by atoms with E-state index in [4.69, 9.17) is 10.00 Å². The maximum absolute atomic E-state index is 11.7. The molecule has 0 aliphatic carbocycles. The number of carbonyl (C=O) groups excluding carboxylic acids is 2. The molecule has 0 bridgehead atoms. The summed E-state index contributed by atoms with van der Waals surface area (Å²) in [6, 6.07) is 9.84. The van der Waals surface area contributed by atoms with Crippen LogP contribution in [0.3, 0.4) is 0 Å². The van der Waals surface area contributed by atoms with Gasteiger partial charge in [0.05, 0.1) is 12.7 Å². The summed E-state index contributed by atoms with van der Waals surface area (Å²) in [5.41, 5.74) is 1.38. The van der Waals surface area contributed by atoms with E-state index in [9.17, 15) is 9.59 Å². The second-order valence-corrected chi connectivity index (χ2v) is 7.11. The highest BCUT2D eigenvalue weighted by atomic mass is 16.5. The van der Waals surface area contributed by atoms with E-state index in [1.165, 1.54) is 5.56 Å². The van der Waals surface area contributed by atoms with Crippen LogP contribution in [0.5, 0.6) is 5.75 Å². The van der Waals surface area contributed by atoms with Crippen molar-refractivity contribution in [3.8, 4) is 11.8 Å². The van der Waals surface area contributed by atoms with E-state index in [0.717, 1.165) is 5.75 Å². The molecular weight excluding hydrogens is 330 g/mol. The first-order chi connectivity index (χ1) is 12.3. The van der Waals surface area contributed by atoms with Gasteiger partial charge in [-0.15, -0.1) is 0 Å². The van der Waals surface area contributed by atoms with Gasteiger partial charge in [-0.2, -0.15) is 5.26 Å². The first-order valence-corrected chi connectivity index (χ1v) is 8.96. The second-order valence-electron chi connectivity index (χ2n) is 7.11. The largest absolute Gasteiger partial charge is 0.494 e. The van der Waals surface area contributed by atoms with E-state index >= 15 is 0 Å². The fourth-order valence-electron chi connectivity index (χ4n) is 2.24. The summed E-state index contributed by atoms with van der Waals surface area (Å²) < 4.78 is 5.66. The van der Waals surface area contributed by atoms with E-state index in [-0.39, 0.29) is 23.7 Å². The standard InChI is InChI=1S/C20H29N3O3/c1-20(2,3)16-7-9-17(10-8-16)26-15-4-6-18(24)22-13-5-14-23-19(25)11-12-21/h7-10H,4-6,11,13-15H2,1-3H3,(H,22,24)(H,23,25). The molecule has 0 aromatic heterocycles. The van der Waals surface area contributed by atoms with E-state index in [1.54, 1.807) is 6.07 Å². The highest BCUT2D eigenvalue weighted by molar-refractivity contribution is 5.78. The lowest BCUT2D eigenvalue weighted by Crippen LogP contribution is -2.29. The topological polar surface area (TPSA) is 91.2 Å². The number of amides is 2. The Morgan fingerprint density at radius 1 is 1.04 bits per heavy atom. The zero-order chi connectivity index (χ0) is 19.4. The van der Waals surface area contributed by atoms with Crippen LogP contribution in [0.4, 0.5) is 0 Å². The summed E-state index contributed by atoms with van der Waals surface area (Å²) in [6.45, 7) is 7.95. The fourth-order valence-corrected chi connectivity index (χ4v) is 2.24. The molecular formula is C20H29N3O3. The molecule has 1 aromatic rings. The molecule has 0 aliphatic heterocycles. The highest BCUT2D eigenvalue weighted by Gasteiger charge is 2.12. The Bertz CT molecular complexity index is 613. The number of carbonyl (C=O) groups is 2. The maximum Gasteiger partial charge on any atom is 0.234 e. The zero-order valence-electron chi connectivity index (χ0n) is 15.9. The third kappa shape index (κ3) is 9.07. The Balaban J connectivity index is 2.09. The molecule has 0 saturated carbocycles. The summed E-state index contributed by atoms with van der Waals surface area (Å²) in [5, 5.41) is 13.8. The van der Waals surface area contributed by atoms with Gasteiger partial charge in [0.1, 0.15) is 12.2 Å². The van der Waals surface area contributed by atoms with Crippen molar-refractivity contribution in [2.75, 3.05) is 19.7 Å². The lowest BCUT2D eigenvalue weighted by atomic mass is 9.87. The number of nitriles is 1. The number of hydrogen-bond acceptors (Lipinski definition) is 4. The van der Waals surface area contributed by atoms with Crippen molar-refractivity contribution in [2.24, 2.45) is 0 Å². The third-order valence-electron chi connectivity index (χ3n) is 3.77. The predicted molar refractivity (Wildman–Crippen MR) is 101 cm³/mol. The average molecular weight is 359 g/mol. The van der Waals surface area contributed by atoms with Crippen molar-refractivity contribution in [1.82, 2.24) is 10.6 Å². The Labute approximate surface area is 155 Å². The summed E-state index contributed by atoms with van der Waals surface area (Å²) in [4.78, 5) is 22.8. The molecule has 26 heavy (non-hydrogen) atoms. The van der Waals surface area contributed by atoms with Gasteiger partial charge in [0.25, 0.3) is 0 Å². The van der Waals surface area contributed by atoms with Gasteiger partial charge in [-0.1, -0.05) is 32.9 Å². The van der Waals surface area contributed by atoms with Crippen LogP contribution in [-0.4, -0.2) is 31.5 Å². The van der Waals surface area contributed by atoms with Crippen LogP contribution < -0.4 is 15.4 Å². The summed E-state index contributed by atoms with van der Waals surface area (Å²) in [6.07, 6.45) is 1.55.